The number of nitrogens with one attached hydrogen (secondary N) is 1. The average molecular weight is 548 g/mol. The third-order valence-electron chi connectivity index (χ3n) is 5.53. The van der Waals surface area contributed by atoms with Crippen molar-refractivity contribution in [3.63, 3.8) is 0 Å². The van der Waals surface area contributed by atoms with E-state index in [-0.39, 0.29) is 36.0 Å². The number of benzene rings is 3. The Morgan fingerprint density at radius 3 is 2.22 bits per heavy atom. The number of hydrogen-bond donors (Lipinski definition) is 1. The maximum absolute atomic E-state index is 14.1. The Balaban J connectivity index is 1.90. The lowest BCUT2D eigenvalue weighted by Crippen LogP contribution is -2.52. The minimum absolute atomic E-state index is 0.0661. The van der Waals surface area contributed by atoms with Gasteiger partial charge in [0.1, 0.15) is 11.9 Å². The quantitative estimate of drug-likeness (QED) is 0.297. The summed E-state index contributed by atoms with van der Waals surface area (Å²) in [7, 11) is 0. The molecule has 0 bridgehead atoms. The number of hydrogen-bond acceptors (Lipinski definition) is 3. The van der Waals surface area contributed by atoms with E-state index in [4.69, 9.17) is 23.2 Å². The largest absolute Gasteiger partial charge is 0.352 e. The fraction of sp³-hybridized carbons (Fsp3) is 0.286. The summed E-state index contributed by atoms with van der Waals surface area (Å²) in [6, 6.07) is 20.3. The second-order valence-corrected chi connectivity index (χ2v) is 10.5. The van der Waals surface area contributed by atoms with E-state index < -0.39 is 6.04 Å². The van der Waals surface area contributed by atoms with Gasteiger partial charge in [-0.05, 0) is 43.2 Å². The van der Waals surface area contributed by atoms with Gasteiger partial charge in [0.15, 0.2) is 0 Å². The van der Waals surface area contributed by atoms with Crippen LogP contribution in [0.3, 0.4) is 0 Å². The zero-order valence-electron chi connectivity index (χ0n) is 20.2. The molecule has 1 N–H and O–H groups in total. The number of halogens is 3. The van der Waals surface area contributed by atoms with Crippen molar-refractivity contribution in [2.75, 3.05) is 5.75 Å². The fourth-order valence-corrected chi connectivity index (χ4v) is 5.15. The normalized spacial score (nSPS) is 11.8. The second-order valence-electron chi connectivity index (χ2n) is 8.67. The lowest BCUT2D eigenvalue weighted by atomic mass is 10.0. The summed E-state index contributed by atoms with van der Waals surface area (Å²) in [5.41, 5.74) is 2.02. The third kappa shape index (κ3) is 7.99. The van der Waals surface area contributed by atoms with Crippen LogP contribution in [0.15, 0.2) is 72.8 Å². The average Bonchev–Trinajstić information content (AvgIpc) is 2.84. The molecule has 0 saturated carbocycles. The van der Waals surface area contributed by atoms with Gasteiger partial charge in [0.25, 0.3) is 0 Å². The van der Waals surface area contributed by atoms with Crippen LogP contribution >= 0.6 is 35.0 Å². The second kappa shape index (κ2) is 13.7. The molecule has 0 unspecified atom stereocenters. The maximum atomic E-state index is 14.1. The van der Waals surface area contributed by atoms with Crippen LogP contribution in [0.5, 0.6) is 0 Å². The number of carbonyl (C=O) groups is 2. The van der Waals surface area contributed by atoms with Crippen molar-refractivity contribution in [3.05, 3.63) is 105 Å². The molecule has 3 rings (SSSR count). The van der Waals surface area contributed by atoms with E-state index in [1.165, 1.54) is 22.7 Å². The van der Waals surface area contributed by atoms with Gasteiger partial charge in [-0.25, -0.2) is 4.39 Å². The first-order valence-electron chi connectivity index (χ1n) is 11.6. The number of rotatable bonds is 11. The Kier molecular flexibility index (Phi) is 10.7. The van der Waals surface area contributed by atoms with Gasteiger partial charge in [-0.2, -0.15) is 0 Å². The van der Waals surface area contributed by atoms with E-state index >= 15 is 0 Å². The zero-order valence-corrected chi connectivity index (χ0v) is 22.5. The molecular formula is C28H29Cl2FN2O2S. The van der Waals surface area contributed by atoms with E-state index in [2.05, 4.69) is 5.32 Å². The predicted molar refractivity (Wildman–Crippen MR) is 147 cm³/mol. The van der Waals surface area contributed by atoms with Gasteiger partial charge in [0.2, 0.25) is 11.8 Å². The van der Waals surface area contributed by atoms with E-state index in [1.54, 1.807) is 36.4 Å². The first-order valence-corrected chi connectivity index (χ1v) is 13.5. The van der Waals surface area contributed by atoms with Crippen LogP contribution in [0.2, 0.25) is 10.0 Å². The summed E-state index contributed by atoms with van der Waals surface area (Å²) in [5, 5.41) is 3.78. The molecule has 4 nitrogen and oxygen atoms in total. The summed E-state index contributed by atoms with van der Waals surface area (Å²) < 4.78 is 14.1. The molecule has 0 aliphatic carbocycles. The van der Waals surface area contributed by atoms with Crippen LogP contribution in [0, 0.1) is 5.82 Å². The van der Waals surface area contributed by atoms with Gasteiger partial charge in [0, 0.05) is 40.4 Å². The molecular weight excluding hydrogens is 518 g/mol. The molecule has 0 saturated heterocycles. The molecule has 36 heavy (non-hydrogen) atoms. The van der Waals surface area contributed by atoms with Crippen molar-refractivity contribution in [1.29, 1.82) is 0 Å². The topological polar surface area (TPSA) is 49.4 Å². The number of thioether (sulfide) groups is 1. The molecule has 0 aromatic heterocycles. The van der Waals surface area contributed by atoms with E-state index in [0.29, 0.717) is 33.3 Å². The molecule has 0 aliphatic heterocycles. The SMILES string of the molecule is CC(C)NC(=O)[C@H](Cc1ccccc1)N(Cc1c(Cl)cccc1Cl)C(=O)CSCc1ccccc1F. The Hall–Kier alpha value is -2.54. The molecule has 3 aromatic carbocycles. The highest BCUT2D eigenvalue weighted by atomic mass is 35.5. The smallest absolute Gasteiger partial charge is 0.243 e. The molecule has 2 amide bonds. The standard InChI is InChI=1S/C28H29Cl2FN2O2S/c1-19(2)32-28(35)26(15-20-9-4-3-5-10-20)33(16-22-23(29)12-8-13-24(22)30)27(34)18-36-17-21-11-6-7-14-25(21)31/h3-14,19,26H,15-18H2,1-2H3,(H,32,35)/t26-/m0/s1. The van der Waals surface area contributed by atoms with Crippen molar-refractivity contribution in [2.24, 2.45) is 0 Å². The Bertz CT molecular complexity index is 1160. The van der Waals surface area contributed by atoms with Crippen LogP contribution in [0.1, 0.15) is 30.5 Å². The minimum atomic E-state index is -0.788. The highest BCUT2D eigenvalue weighted by Crippen LogP contribution is 2.28. The molecule has 0 radical (unpaired) electrons. The Labute approximate surface area is 226 Å². The summed E-state index contributed by atoms with van der Waals surface area (Å²) in [4.78, 5) is 28.5. The van der Waals surface area contributed by atoms with Crippen molar-refractivity contribution >= 4 is 46.8 Å². The predicted octanol–water partition coefficient (Wildman–Crippen LogP) is 6.53. The van der Waals surface area contributed by atoms with Crippen LogP contribution in [-0.4, -0.2) is 34.6 Å². The van der Waals surface area contributed by atoms with E-state index in [1.807, 2.05) is 44.2 Å². The maximum Gasteiger partial charge on any atom is 0.243 e. The first kappa shape index (κ1) is 28.0. The highest BCUT2D eigenvalue weighted by Gasteiger charge is 2.31. The van der Waals surface area contributed by atoms with Crippen molar-refractivity contribution in [1.82, 2.24) is 10.2 Å². The lowest BCUT2D eigenvalue weighted by Gasteiger charge is -2.32. The van der Waals surface area contributed by atoms with Crippen LogP contribution in [0.4, 0.5) is 4.39 Å². The molecule has 0 spiro atoms. The van der Waals surface area contributed by atoms with Gasteiger partial charge in [-0.1, -0.05) is 77.8 Å². The molecule has 190 valence electrons. The minimum Gasteiger partial charge on any atom is -0.352 e. The molecule has 3 aromatic rings. The fourth-order valence-electron chi connectivity index (χ4n) is 3.74. The number of carbonyl (C=O) groups excluding carboxylic acids is 2. The molecule has 0 heterocycles. The molecule has 0 fully saturated rings. The Morgan fingerprint density at radius 2 is 1.58 bits per heavy atom. The van der Waals surface area contributed by atoms with Gasteiger partial charge >= 0.3 is 0 Å². The highest BCUT2D eigenvalue weighted by molar-refractivity contribution is 7.99. The van der Waals surface area contributed by atoms with Gasteiger partial charge in [-0.3, -0.25) is 9.59 Å². The summed E-state index contributed by atoms with van der Waals surface area (Å²) in [6.45, 7) is 3.82. The summed E-state index contributed by atoms with van der Waals surface area (Å²) in [6.07, 6.45) is 0.325. The number of nitrogens with zero attached hydrogens (tertiary/aromatic N) is 1. The van der Waals surface area contributed by atoms with Crippen molar-refractivity contribution in [2.45, 2.75) is 44.6 Å². The summed E-state index contributed by atoms with van der Waals surface area (Å²) >= 11 is 14.2. The monoisotopic (exact) mass is 546 g/mol. The molecule has 0 aliphatic rings. The first-order chi connectivity index (χ1) is 17.3. The van der Waals surface area contributed by atoms with Gasteiger partial charge < -0.3 is 10.2 Å². The van der Waals surface area contributed by atoms with E-state index in [9.17, 15) is 14.0 Å². The lowest BCUT2D eigenvalue weighted by molar-refractivity contribution is -0.139. The van der Waals surface area contributed by atoms with Crippen LogP contribution < -0.4 is 5.32 Å². The zero-order chi connectivity index (χ0) is 26.1. The van der Waals surface area contributed by atoms with Gasteiger partial charge in [0.05, 0.1) is 5.75 Å². The van der Waals surface area contributed by atoms with Crippen molar-refractivity contribution in [3.8, 4) is 0 Å². The summed E-state index contributed by atoms with van der Waals surface area (Å²) in [5.74, 6) is -0.427. The van der Waals surface area contributed by atoms with E-state index in [0.717, 1.165) is 5.56 Å². The Morgan fingerprint density at radius 1 is 0.944 bits per heavy atom. The molecule has 1 atom stereocenters. The van der Waals surface area contributed by atoms with Gasteiger partial charge in [-0.15, -0.1) is 11.8 Å². The van der Waals surface area contributed by atoms with Crippen LogP contribution in [0.25, 0.3) is 0 Å². The van der Waals surface area contributed by atoms with Crippen molar-refractivity contribution < 1.29 is 14.0 Å². The molecule has 8 heteroatoms. The van der Waals surface area contributed by atoms with Crippen LogP contribution in [-0.2, 0) is 28.3 Å². The third-order valence-corrected chi connectivity index (χ3v) is 7.21. The number of amides is 2.